The average Bonchev–Trinajstić information content (AvgIpc) is 2.45. The second-order valence-electron chi connectivity index (χ2n) is 5.79. The first-order valence-corrected chi connectivity index (χ1v) is 8.85. The van der Waals surface area contributed by atoms with Gasteiger partial charge in [0.25, 0.3) is 0 Å². The minimum Gasteiger partial charge on any atom is -0.550 e. The molecular formula is C18H32O5Sn. The predicted octanol–water partition coefficient (Wildman–Crippen LogP) is 1.77. The van der Waals surface area contributed by atoms with E-state index in [1.54, 1.807) is 0 Å². The number of ketones is 1. The van der Waals surface area contributed by atoms with Crippen LogP contribution in [0.1, 0.15) is 97.3 Å². The summed E-state index contributed by atoms with van der Waals surface area (Å²) in [4.78, 5) is 30.3. The molecule has 0 aliphatic heterocycles. The van der Waals surface area contributed by atoms with Crippen molar-refractivity contribution in [1.29, 1.82) is 0 Å². The van der Waals surface area contributed by atoms with E-state index in [0.29, 0.717) is 12.8 Å². The van der Waals surface area contributed by atoms with E-state index in [9.17, 15) is 24.6 Å². The number of unbranched alkanes of at least 4 members (excludes halogenated alkanes) is 8. The maximum Gasteiger partial charge on any atom is 2.00 e. The molecule has 0 aliphatic rings. The van der Waals surface area contributed by atoms with Crippen molar-refractivity contribution >= 4 is 41.6 Å². The van der Waals surface area contributed by atoms with Crippen LogP contribution < -0.4 is 10.2 Å². The first-order chi connectivity index (χ1) is 10.9. The van der Waals surface area contributed by atoms with Crippen LogP contribution >= 0.6 is 0 Å². The second kappa shape index (κ2) is 22.4. The summed E-state index contributed by atoms with van der Waals surface area (Å²) >= 11 is 0. The zero-order chi connectivity index (χ0) is 17.9. The molecule has 0 saturated carbocycles. The van der Waals surface area contributed by atoms with Gasteiger partial charge in [-0.2, -0.15) is 0 Å². The number of carboxylic acid groups (broad SMARTS) is 2. The van der Waals surface area contributed by atoms with Gasteiger partial charge in [-0.15, -0.1) is 0 Å². The fourth-order valence-electron chi connectivity index (χ4n) is 2.11. The Hall–Kier alpha value is -0.591. The zero-order valence-corrected chi connectivity index (χ0v) is 18.1. The molecule has 0 atom stereocenters. The van der Waals surface area contributed by atoms with Crippen LogP contribution in [-0.4, -0.2) is 41.6 Å². The van der Waals surface area contributed by atoms with Gasteiger partial charge in [0.2, 0.25) is 0 Å². The van der Waals surface area contributed by atoms with Crippen LogP contribution in [0.5, 0.6) is 0 Å². The van der Waals surface area contributed by atoms with Crippen molar-refractivity contribution in [2.75, 3.05) is 0 Å². The third kappa shape index (κ3) is 29.4. The molecule has 0 rings (SSSR count). The quantitative estimate of drug-likeness (QED) is 0.230. The van der Waals surface area contributed by atoms with Crippen LogP contribution in [0.4, 0.5) is 0 Å². The summed E-state index contributed by atoms with van der Waals surface area (Å²) in [5.74, 6) is -2.45. The smallest absolute Gasteiger partial charge is 0.550 e. The number of rotatable bonds is 14. The molecule has 0 aromatic rings. The molecule has 0 aromatic carbocycles. The van der Waals surface area contributed by atoms with Crippen LogP contribution in [-0.2, 0) is 14.4 Å². The topological polar surface area (TPSA) is 97.3 Å². The van der Waals surface area contributed by atoms with Crippen LogP contribution in [0.3, 0.4) is 0 Å². The maximum atomic E-state index is 10.4. The number of hydrogen-bond donors (Lipinski definition) is 0. The van der Waals surface area contributed by atoms with Gasteiger partial charge < -0.3 is 19.8 Å². The number of carbonyl (C=O) groups excluding carboxylic acids is 3. The van der Waals surface area contributed by atoms with Crippen molar-refractivity contribution in [2.45, 2.75) is 97.3 Å². The summed E-state index contributed by atoms with van der Waals surface area (Å²) in [5.41, 5.74) is 0. The third-order valence-electron chi connectivity index (χ3n) is 3.35. The normalized spacial score (nSPS) is 9.42. The Kier molecular flexibility index (Phi) is 26.4. The summed E-state index contributed by atoms with van der Waals surface area (Å²) in [6.07, 6.45) is 11.8. The third-order valence-corrected chi connectivity index (χ3v) is 3.35. The molecule has 6 heteroatoms. The zero-order valence-electron chi connectivity index (χ0n) is 15.2. The number of carboxylic acids is 2. The van der Waals surface area contributed by atoms with Gasteiger partial charge in [0.1, 0.15) is 5.78 Å². The van der Waals surface area contributed by atoms with Crippen molar-refractivity contribution in [2.24, 2.45) is 0 Å². The number of Topliss-reactive ketones (excluding diaryl/α,β-unsaturated/α-hetero) is 1. The van der Waals surface area contributed by atoms with E-state index >= 15 is 0 Å². The van der Waals surface area contributed by atoms with Gasteiger partial charge in [-0.05, 0) is 19.3 Å². The molecule has 0 aliphatic carbocycles. The molecule has 0 heterocycles. The SMILES string of the molecule is CCCC(=O)CC(=O)[O-].CCCCCCCCCCCC(=O)[O-].[Sn+2]. The second-order valence-corrected chi connectivity index (χ2v) is 5.79. The van der Waals surface area contributed by atoms with E-state index in [4.69, 9.17) is 0 Å². The largest absolute Gasteiger partial charge is 2.00 e. The predicted molar refractivity (Wildman–Crippen MR) is 92.1 cm³/mol. The molecular weight excluding hydrogens is 415 g/mol. The Morgan fingerprint density at radius 1 is 0.625 bits per heavy atom. The summed E-state index contributed by atoms with van der Waals surface area (Å²) in [7, 11) is 0. The van der Waals surface area contributed by atoms with Gasteiger partial charge in [0.05, 0.1) is 0 Å². The van der Waals surface area contributed by atoms with Crippen molar-refractivity contribution in [3.8, 4) is 0 Å². The molecule has 0 N–H and O–H groups in total. The standard InChI is InChI=1S/C12H24O2.C6H10O3.Sn/c1-2-3-4-5-6-7-8-9-10-11-12(13)14;1-2-3-5(7)4-6(8)9;/h2-11H2,1H3,(H,13,14);2-4H2,1H3,(H,8,9);/q;;+2/p-2. The van der Waals surface area contributed by atoms with Gasteiger partial charge in [0.15, 0.2) is 0 Å². The summed E-state index contributed by atoms with van der Waals surface area (Å²) in [6.45, 7) is 4.05. The number of aliphatic carboxylic acids is 2. The van der Waals surface area contributed by atoms with E-state index in [-0.39, 0.29) is 36.1 Å². The van der Waals surface area contributed by atoms with Gasteiger partial charge in [-0.3, -0.25) is 4.79 Å². The molecule has 0 spiro atoms. The fraction of sp³-hybridized carbons (Fsp3) is 0.833. The first-order valence-electron chi connectivity index (χ1n) is 8.85. The van der Waals surface area contributed by atoms with Crippen LogP contribution in [0.15, 0.2) is 0 Å². The summed E-state index contributed by atoms with van der Waals surface area (Å²) in [6, 6.07) is 0. The molecule has 0 aromatic heterocycles. The van der Waals surface area contributed by atoms with Crippen LogP contribution in [0.2, 0.25) is 0 Å². The van der Waals surface area contributed by atoms with E-state index in [0.717, 1.165) is 12.8 Å². The van der Waals surface area contributed by atoms with Gasteiger partial charge >= 0.3 is 23.9 Å². The van der Waals surface area contributed by atoms with Crippen molar-refractivity contribution < 1.29 is 24.6 Å². The molecule has 0 saturated heterocycles. The first kappa shape index (κ1) is 28.2. The van der Waals surface area contributed by atoms with Gasteiger partial charge in [-0.25, -0.2) is 0 Å². The Labute approximate surface area is 163 Å². The Balaban J connectivity index is -0.000000385. The number of carbonyl (C=O) groups is 3. The summed E-state index contributed by atoms with van der Waals surface area (Å²) in [5, 5.41) is 19.8. The van der Waals surface area contributed by atoms with E-state index < -0.39 is 18.4 Å². The molecule has 0 unspecified atom stereocenters. The average molecular weight is 447 g/mol. The van der Waals surface area contributed by atoms with Crippen molar-refractivity contribution in [3.05, 3.63) is 0 Å². The Morgan fingerprint density at radius 2 is 1.08 bits per heavy atom. The van der Waals surface area contributed by atoms with Gasteiger partial charge in [0, 0.05) is 24.8 Å². The minimum absolute atomic E-state index is 0. The van der Waals surface area contributed by atoms with Crippen molar-refractivity contribution in [3.63, 3.8) is 0 Å². The molecule has 24 heavy (non-hydrogen) atoms. The summed E-state index contributed by atoms with van der Waals surface area (Å²) < 4.78 is 0. The van der Waals surface area contributed by atoms with E-state index in [1.807, 2.05) is 6.92 Å². The number of hydrogen-bond acceptors (Lipinski definition) is 5. The Bertz CT molecular complexity index is 319. The Morgan fingerprint density at radius 3 is 1.46 bits per heavy atom. The van der Waals surface area contributed by atoms with Crippen LogP contribution in [0.25, 0.3) is 0 Å². The molecule has 0 fully saturated rings. The molecule has 0 bridgehead atoms. The maximum absolute atomic E-state index is 10.4. The van der Waals surface area contributed by atoms with Crippen LogP contribution in [0, 0.1) is 0 Å². The molecule has 138 valence electrons. The molecule has 2 radical (unpaired) electrons. The molecule has 5 nitrogen and oxygen atoms in total. The van der Waals surface area contributed by atoms with E-state index in [1.165, 1.54) is 44.9 Å². The van der Waals surface area contributed by atoms with E-state index in [2.05, 4.69) is 6.92 Å². The van der Waals surface area contributed by atoms with Gasteiger partial charge in [-0.1, -0.05) is 65.2 Å². The minimum atomic E-state index is -1.28. The fourth-order valence-corrected chi connectivity index (χ4v) is 2.11. The monoisotopic (exact) mass is 448 g/mol. The van der Waals surface area contributed by atoms with Crippen molar-refractivity contribution in [1.82, 2.24) is 0 Å². The molecule has 0 amide bonds.